The lowest BCUT2D eigenvalue weighted by Crippen LogP contribution is -2.33. The second-order valence-electron chi connectivity index (χ2n) is 5.50. The van der Waals surface area contributed by atoms with Crippen LogP contribution in [0.4, 0.5) is 0 Å². The Morgan fingerprint density at radius 3 is 1.94 bits per heavy atom. The first-order valence-corrected chi connectivity index (χ1v) is 7.35. The highest BCUT2D eigenvalue weighted by atomic mass is 17.3. The van der Waals surface area contributed by atoms with Crippen molar-refractivity contribution in [3.8, 4) is 0 Å². The molecule has 1 atom stereocenters. The highest BCUT2D eigenvalue weighted by molar-refractivity contribution is 4.50. The SMILES string of the molecule is CCCCCCCCCCC(C)OO[N+](C)(C)[O-]. The minimum absolute atomic E-state index is 0.00330. The van der Waals surface area contributed by atoms with Crippen molar-refractivity contribution in [2.45, 2.75) is 77.7 Å². The molecule has 0 rings (SSSR count). The Kier molecular flexibility index (Phi) is 10.6. The van der Waals surface area contributed by atoms with Gasteiger partial charge in [0.25, 0.3) is 0 Å². The van der Waals surface area contributed by atoms with E-state index in [1.165, 1.54) is 59.0 Å². The lowest BCUT2D eigenvalue weighted by atomic mass is 10.1. The van der Waals surface area contributed by atoms with Crippen LogP contribution in [-0.2, 0) is 9.88 Å². The Hall–Kier alpha value is -0.160. The van der Waals surface area contributed by atoms with Crippen molar-refractivity contribution in [1.82, 2.24) is 0 Å². The summed E-state index contributed by atoms with van der Waals surface area (Å²) in [5.74, 6) is 0. The molecule has 0 aromatic rings. The van der Waals surface area contributed by atoms with E-state index >= 15 is 0 Å². The largest absolute Gasteiger partial charge is 0.596 e. The molecule has 0 heterocycles. The topological polar surface area (TPSA) is 41.5 Å². The fourth-order valence-corrected chi connectivity index (χ4v) is 1.79. The van der Waals surface area contributed by atoms with Crippen molar-refractivity contribution in [3.05, 3.63) is 5.21 Å². The highest BCUT2D eigenvalue weighted by Gasteiger charge is 2.09. The fraction of sp³-hybridized carbons (Fsp3) is 1.00. The van der Waals surface area contributed by atoms with Gasteiger partial charge in [0.15, 0.2) is 0 Å². The number of hydroxylamine groups is 4. The first-order valence-electron chi connectivity index (χ1n) is 7.35. The van der Waals surface area contributed by atoms with Crippen molar-refractivity contribution >= 4 is 0 Å². The molecule has 110 valence electrons. The number of rotatable bonds is 12. The first-order chi connectivity index (χ1) is 8.45. The standard InChI is InChI=1S/C14H31NO3/c1-5-6-7-8-9-10-11-12-13-14(2)17-18-15(3,4)16/h14H,5-13H2,1-4H3. The quantitative estimate of drug-likeness (QED) is 0.227. The van der Waals surface area contributed by atoms with E-state index < -0.39 is 4.81 Å². The predicted molar refractivity (Wildman–Crippen MR) is 74.3 cm³/mol. The van der Waals surface area contributed by atoms with Crippen LogP contribution in [0.1, 0.15) is 71.6 Å². The van der Waals surface area contributed by atoms with Crippen LogP contribution in [0.2, 0.25) is 0 Å². The van der Waals surface area contributed by atoms with Gasteiger partial charge in [-0.05, 0) is 18.3 Å². The van der Waals surface area contributed by atoms with Crippen LogP contribution in [0.25, 0.3) is 0 Å². The van der Waals surface area contributed by atoms with Crippen molar-refractivity contribution in [2.24, 2.45) is 0 Å². The number of hydrogen-bond donors (Lipinski definition) is 0. The van der Waals surface area contributed by atoms with Crippen LogP contribution >= 0.6 is 0 Å². The highest BCUT2D eigenvalue weighted by Crippen LogP contribution is 2.12. The minimum Gasteiger partial charge on any atom is -0.596 e. The molecule has 0 fully saturated rings. The third-order valence-corrected chi connectivity index (χ3v) is 2.85. The van der Waals surface area contributed by atoms with Gasteiger partial charge in [0, 0.05) is 0 Å². The van der Waals surface area contributed by atoms with Gasteiger partial charge < -0.3 is 5.21 Å². The van der Waals surface area contributed by atoms with Crippen LogP contribution in [0.5, 0.6) is 0 Å². The summed E-state index contributed by atoms with van der Waals surface area (Å²) in [6.45, 7) is 4.18. The Morgan fingerprint density at radius 1 is 0.944 bits per heavy atom. The molecule has 0 N–H and O–H groups in total. The summed E-state index contributed by atoms with van der Waals surface area (Å²) in [4.78, 5) is 8.86. The minimum atomic E-state index is -0.859. The number of nitrogens with zero attached hydrogens (tertiary/aromatic N) is 1. The van der Waals surface area contributed by atoms with E-state index in [2.05, 4.69) is 6.92 Å². The average molecular weight is 261 g/mol. The molecule has 0 aromatic heterocycles. The average Bonchev–Trinajstić information content (AvgIpc) is 2.29. The van der Waals surface area contributed by atoms with Crippen LogP contribution in [-0.4, -0.2) is 25.0 Å². The lowest BCUT2D eigenvalue weighted by Gasteiger charge is -2.28. The zero-order valence-electron chi connectivity index (χ0n) is 12.6. The summed E-state index contributed by atoms with van der Waals surface area (Å²) in [6, 6.07) is 0. The second kappa shape index (κ2) is 10.7. The number of quaternary nitrogens is 1. The third-order valence-electron chi connectivity index (χ3n) is 2.85. The smallest absolute Gasteiger partial charge is 0.101 e. The molecule has 0 bridgehead atoms. The van der Waals surface area contributed by atoms with Crippen molar-refractivity contribution < 1.29 is 14.7 Å². The monoisotopic (exact) mass is 261 g/mol. The van der Waals surface area contributed by atoms with Crippen LogP contribution in [0.15, 0.2) is 0 Å². The third kappa shape index (κ3) is 13.9. The number of hydrogen-bond acceptors (Lipinski definition) is 3. The van der Waals surface area contributed by atoms with Gasteiger partial charge in [0.2, 0.25) is 0 Å². The van der Waals surface area contributed by atoms with Gasteiger partial charge in [-0.15, -0.1) is 0 Å². The summed E-state index contributed by atoms with van der Waals surface area (Å²) in [5.41, 5.74) is 0. The van der Waals surface area contributed by atoms with Gasteiger partial charge in [0.05, 0.1) is 6.10 Å². The molecule has 0 amide bonds. The Morgan fingerprint density at radius 2 is 1.44 bits per heavy atom. The molecule has 18 heavy (non-hydrogen) atoms. The molecular weight excluding hydrogens is 230 g/mol. The van der Waals surface area contributed by atoms with E-state index in [1.54, 1.807) is 0 Å². The van der Waals surface area contributed by atoms with Crippen LogP contribution < -0.4 is 0 Å². The van der Waals surface area contributed by atoms with E-state index in [1.807, 2.05) is 6.92 Å². The Labute approximate surface area is 112 Å². The molecule has 0 aromatic carbocycles. The molecule has 4 nitrogen and oxygen atoms in total. The van der Waals surface area contributed by atoms with Gasteiger partial charge in [0.1, 0.15) is 14.1 Å². The Bertz CT molecular complexity index is 180. The second-order valence-corrected chi connectivity index (χ2v) is 5.50. The fourth-order valence-electron chi connectivity index (χ4n) is 1.79. The predicted octanol–water partition coefficient (Wildman–Crippen LogP) is 4.34. The summed E-state index contributed by atoms with van der Waals surface area (Å²) in [5, 5.41) is 11.1. The summed E-state index contributed by atoms with van der Waals surface area (Å²) in [7, 11) is 2.78. The maximum Gasteiger partial charge on any atom is 0.101 e. The van der Waals surface area contributed by atoms with Crippen LogP contribution in [0, 0.1) is 5.21 Å². The van der Waals surface area contributed by atoms with Gasteiger partial charge in [-0.3, -0.25) is 0 Å². The molecule has 4 heteroatoms. The van der Waals surface area contributed by atoms with Crippen LogP contribution in [0.3, 0.4) is 0 Å². The summed E-state index contributed by atoms with van der Waals surface area (Å²) >= 11 is 0. The summed E-state index contributed by atoms with van der Waals surface area (Å²) in [6.07, 6.45) is 11.4. The van der Waals surface area contributed by atoms with Crippen molar-refractivity contribution in [1.29, 1.82) is 0 Å². The summed E-state index contributed by atoms with van der Waals surface area (Å²) < 4.78 is 0. The lowest BCUT2D eigenvalue weighted by molar-refractivity contribution is -1.09. The molecule has 1 unspecified atom stereocenters. The maximum absolute atomic E-state index is 11.1. The maximum atomic E-state index is 11.1. The molecule has 0 aliphatic carbocycles. The molecule has 0 spiro atoms. The zero-order valence-corrected chi connectivity index (χ0v) is 12.6. The van der Waals surface area contributed by atoms with E-state index in [9.17, 15) is 5.21 Å². The molecule has 0 aliphatic rings. The van der Waals surface area contributed by atoms with Gasteiger partial charge in [-0.1, -0.05) is 58.3 Å². The van der Waals surface area contributed by atoms with Gasteiger partial charge in [-0.2, -0.15) is 9.70 Å². The van der Waals surface area contributed by atoms with Gasteiger partial charge >= 0.3 is 0 Å². The van der Waals surface area contributed by atoms with E-state index in [-0.39, 0.29) is 6.10 Å². The zero-order chi connectivity index (χ0) is 13.9. The molecular formula is C14H31NO3. The molecule has 0 saturated carbocycles. The first kappa shape index (κ1) is 17.8. The van der Waals surface area contributed by atoms with E-state index in [4.69, 9.17) is 9.88 Å². The normalized spacial score (nSPS) is 13.8. The van der Waals surface area contributed by atoms with E-state index in [0.29, 0.717) is 0 Å². The van der Waals surface area contributed by atoms with Crippen molar-refractivity contribution in [2.75, 3.05) is 14.1 Å². The number of unbranched alkanes of at least 4 members (excludes halogenated alkanes) is 7. The molecule has 0 aliphatic heterocycles. The molecule has 0 saturated heterocycles. The van der Waals surface area contributed by atoms with E-state index in [0.717, 1.165) is 12.8 Å². The van der Waals surface area contributed by atoms with Gasteiger partial charge in [-0.25, -0.2) is 0 Å². The molecule has 0 radical (unpaired) electrons. The Balaban J connectivity index is 3.23. The van der Waals surface area contributed by atoms with Crippen molar-refractivity contribution in [3.63, 3.8) is 0 Å².